The van der Waals surface area contributed by atoms with Crippen LogP contribution in [0.15, 0.2) is 77.3 Å². The molecule has 0 aliphatic heterocycles. The number of methoxy groups -OCH3 is 1. The summed E-state index contributed by atoms with van der Waals surface area (Å²) in [5.41, 5.74) is 1.95. The van der Waals surface area contributed by atoms with Crippen molar-refractivity contribution < 1.29 is 9.53 Å². The van der Waals surface area contributed by atoms with Gasteiger partial charge in [-0.15, -0.1) is 21.5 Å². The minimum atomic E-state index is -0.185. The molecule has 0 aliphatic carbocycles. The molecule has 2 aromatic heterocycles. The molecule has 170 valence electrons. The van der Waals surface area contributed by atoms with Gasteiger partial charge in [0.05, 0.1) is 24.9 Å². The highest BCUT2D eigenvalue weighted by Crippen LogP contribution is 2.28. The van der Waals surface area contributed by atoms with Crippen molar-refractivity contribution in [1.29, 1.82) is 0 Å². The zero-order valence-electron chi connectivity index (χ0n) is 18.0. The molecule has 0 aliphatic rings. The summed E-state index contributed by atoms with van der Waals surface area (Å²) < 4.78 is 7.23. The molecule has 0 spiro atoms. The van der Waals surface area contributed by atoms with Gasteiger partial charge >= 0.3 is 0 Å². The van der Waals surface area contributed by atoms with Crippen LogP contribution < -0.4 is 5.32 Å². The number of aromatic nitrogens is 3. The van der Waals surface area contributed by atoms with E-state index in [0.29, 0.717) is 29.2 Å². The fourth-order valence-corrected chi connectivity index (χ4v) is 5.05. The highest BCUT2D eigenvalue weighted by molar-refractivity contribution is 7.99. The second-order valence-corrected chi connectivity index (χ2v) is 9.53. The van der Waals surface area contributed by atoms with E-state index >= 15 is 0 Å². The molecule has 0 saturated heterocycles. The summed E-state index contributed by atoms with van der Waals surface area (Å²) in [6, 6.07) is 21.3. The largest absolute Gasteiger partial charge is 0.383 e. The molecule has 0 bridgehead atoms. The fourth-order valence-electron chi connectivity index (χ4n) is 3.34. The summed E-state index contributed by atoms with van der Waals surface area (Å²) in [4.78, 5) is 14.0. The maximum Gasteiger partial charge on any atom is 0.231 e. The molecule has 0 fully saturated rings. The molecule has 1 amide bonds. The molecule has 0 unspecified atom stereocenters. The van der Waals surface area contributed by atoms with E-state index in [-0.39, 0.29) is 17.7 Å². The summed E-state index contributed by atoms with van der Waals surface area (Å²) in [5, 5.41) is 15.2. The van der Waals surface area contributed by atoms with Crippen LogP contribution >= 0.6 is 34.7 Å². The first-order chi connectivity index (χ1) is 16.2. The number of thiophene rings is 1. The van der Waals surface area contributed by atoms with Gasteiger partial charge in [0.25, 0.3) is 0 Å². The third-order valence-electron chi connectivity index (χ3n) is 4.94. The van der Waals surface area contributed by atoms with Gasteiger partial charge in [0.2, 0.25) is 5.91 Å². The number of carbonyl (C=O) groups is 1. The molecule has 1 N–H and O–H groups in total. The van der Waals surface area contributed by atoms with Crippen LogP contribution in [0.4, 0.5) is 0 Å². The lowest BCUT2D eigenvalue weighted by atomic mass is 10.1. The number of nitrogens with zero attached hydrogens (tertiary/aromatic N) is 3. The SMILES string of the molecule is COCCn1c(SCC(=O)N[C@@H](c2ccccc2)c2cccs2)nnc1-c1ccc(Cl)cc1. The smallest absolute Gasteiger partial charge is 0.231 e. The number of amides is 1. The third kappa shape index (κ3) is 6.03. The fraction of sp³-hybridized carbons (Fsp3) is 0.208. The molecule has 6 nitrogen and oxygen atoms in total. The van der Waals surface area contributed by atoms with Gasteiger partial charge in [-0.1, -0.05) is 59.8 Å². The average Bonchev–Trinajstić information content (AvgIpc) is 3.51. The second-order valence-electron chi connectivity index (χ2n) is 7.17. The molecule has 33 heavy (non-hydrogen) atoms. The van der Waals surface area contributed by atoms with Crippen LogP contribution in [0.5, 0.6) is 0 Å². The summed E-state index contributed by atoms with van der Waals surface area (Å²) >= 11 is 9.01. The molecule has 4 rings (SSSR count). The Labute approximate surface area is 206 Å². The van der Waals surface area contributed by atoms with E-state index in [0.717, 1.165) is 16.0 Å². The summed E-state index contributed by atoms with van der Waals surface area (Å²) in [5.74, 6) is 0.865. The van der Waals surface area contributed by atoms with Crippen molar-refractivity contribution in [2.75, 3.05) is 19.5 Å². The Morgan fingerprint density at radius 3 is 2.61 bits per heavy atom. The molecule has 2 heterocycles. The standard InChI is InChI=1S/C24H23ClN4O2S2/c1-31-14-13-29-23(18-9-11-19(25)12-10-18)27-28-24(29)33-16-21(30)26-22(20-8-5-15-32-20)17-6-3-2-4-7-17/h2-12,15,22H,13-14,16H2,1H3,(H,26,30)/t22-/m0/s1. The van der Waals surface area contributed by atoms with Crippen LogP contribution in [0, 0.1) is 0 Å². The lowest BCUT2D eigenvalue weighted by Gasteiger charge is -2.18. The zero-order valence-corrected chi connectivity index (χ0v) is 20.4. The van der Waals surface area contributed by atoms with Crippen LogP contribution in [-0.2, 0) is 16.1 Å². The molecule has 0 radical (unpaired) electrons. The van der Waals surface area contributed by atoms with Crippen LogP contribution in [-0.4, -0.2) is 40.1 Å². The monoisotopic (exact) mass is 498 g/mol. The first-order valence-corrected chi connectivity index (χ1v) is 12.6. The lowest BCUT2D eigenvalue weighted by Crippen LogP contribution is -2.30. The van der Waals surface area contributed by atoms with Crippen LogP contribution in [0.25, 0.3) is 11.4 Å². The Bertz CT molecular complexity index is 1170. The summed E-state index contributed by atoms with van der Waals surface area (Å²) in [7, 11) is 1.65. The minimum absolute atomic E-state index is 0.0726. The number of ether oxygens (including phenoxy) is 1. The van der Waals surface area contributed by atoms with E-state index in [2.05, 4.69) is 15.5 Å². The topological polar surface area (TPSA) is 69.0 Å². The van der Waals surface area contributed by atoms with Crippen molar-refractivity contribution in [2.24, 2.45) is 0 Å². The van der Waals surface area contributed by atoms with Gasteiger partial charge in [0.1, 0.15) is 0 Å². The molecule has 4 aromatic rings. The Balaban J connectivity index is 1.48. The minimum Gasteiger partial charge on any atom is -0.383 e. The number of rotatable bonds is 10. The predicted octanol–water partition coefficient (Wildman–Crippen LogP) is 5.30. The van der Waals surface area contributed by atoms with E-state index in [1.54, 1.807) is 18.4 Å². The van der Waals surface area contributed by atoms with Crippen molar-refractivity contribution in [3.05, 3.63) is 87.6 Å². The normalized spacial score (nSPS) is 11.9. The van der Waals surface area contributed by atoms with Gasteiger partial charge in [0, 0.05) is 22.6 Å². The number of nitrogens with one attached hydrogen (secondary N) is 1. The van der Waals surface area contributed by atoms with E-state index < -0.39 is 0 Å². The van der Waals surface area contributed by atoms with Crippen LogP contribution in [0.3, 0.4) is 0 Å². The maximum atomic E-state index is 12.9. The highest BCUT2D eigenvalue weighted by atomic mass is 35.5. The zero-order chi connectivity index (χ0) is 23.0. The Morgan fingerprint density at radius 2 is 1.91 bits per heavy atom. The Hall–Kier alpha value is -2.65. The number of thioether (sulfide) groups is 1. The van der Waals surface area contributed by atoms with E-state index in [1.165, 1.54) is 11.8 Å². The van der Waals surface area contributed by atoms with Gasteiger partial charge in [0.15, 0.2) is 11.0 Å². The van der Waals surface area contributed by atoms with Crippen LogP contribution in [0.2, 0.25) is 5.02 Å². The first kappa shape index (κ1) is 23.5. The van der Waals surface area contributed by atoms with Crippen molar-refractivity contribution >= 4 is 40.6 Å². The van der Waals surface area contributed by atoms with Gasteiger partial charge < -0.3 is 10.1 Å². The van der Waals surface area contributed by atoms with Gasteiger partial charge in [-0.25, -0.2) is 0 Å². The maximum absolute atomic E-state index is 12.9. The van der Waals surface area contributed by atoms with Crippen molar-refractivity contribution in [3.63, 3.8) is 0 Å². The molecule has 1 atom stereocenters. The molecule has 2 aromatic carbocycles. The van der Waals surface area contributed by atoms with E-state index in [9.17, 15) is 4.79 Å². The number of benzene rings is 2. The van der Waals surface area contributed by atoms with Crippen molar-refractivity contribution in [1.82, 2.24) is 20.1 Å². The first-order valence-electron chi connectivity index (χ1n) is 10.3. The highest BCUT2D eigenvalue weighted by Gasteiger charge is 2.20. The van der Waals surface area contributed by atoms with Gasteiger partial charge in [-0.2, -0.15) is 0 Å². The molecular formula is C24H23ClN4O2S2. The molecular weight excluding hydrogens is 476 g/mol. The summed E-state index contributed by atoms with van der Waals surface area (Å²) in [6.45, 7) is 1.08. The Morgan fingerprint density at radius 1 is 1.12 bits per heavy atom. The average molecular weight is 499 g/mol. The van der Waals surface area contributed by atoms with Gasteiger partial charge in [-0.3, -0.25) is 9.36 Å². The van der Waals surface area contributed by atoms with Crippen molar-refractivity contribution in [3.8, 4) is 11.4 Å². The third-order valence-corrected chi connectivity index (χ3v) is 7.09. The number of halogens is 1. The number of hydrogen-bond acceptors (Lipinski definition) is 6. The van der Waals surface area contributed by atoms with E-state index in [4.69, 9.17) is 16.3 Å². The van der Waals surface area contributed by atoms with Crippen molar-refractivity contribution in [2.45, 2.75) is 17.7 Å². The second kappa shape index (κ2) is 11.5. The number of hydrogen-bond donors (Lipinski definition) is 1. The quantitative estimate of drug-likeness (QED) is 0.300. The predicted molar refractivity (Wildman–Crippen MR) is 134 cm³/mol. The molecule has 0 saturated carbocycles. The van der Waals surface area contributed by atoms with Crippen LogP contribution in [0.1, 0.15) is 16.5 Å². The molecule has 9 heteroatoms. The number of carbonyl (C=O) groups excluding carboxylic acids is 1. The van der Waals surface area contributed by atoms with E-state index in [1.807, 2.05) is 76.7 Å². The van der Waals surface area contributed by atoms with Gasteiger partial charge in [-0.05, 0) is 41.3 Å². The summed E-state index contributed by atoms with van der Waals surface area (Å²) in [6.07, 6.45) is 0. The lowest BCUT2D eigenvalue weighted by molar-refractivity contribution is -0.119. The Kier molecular flexibility index (Phi) is 8.17.